The number of carbonyl (C=O) groups is 1. The summed E-state index contributed by atoms with van der Waals surface area (Å²) in [5.41, 5.74) is 8.20. The standard InChI is InChI=1S/C18H28N2O/c1-14-7-10-18(13-19,11-8-14)17(21)20-12-9-16-6-4-3-5-15(16)2/h3-6,14H,7-13,19H2,1-2H3,(H,20,21). The molecule has 116 valence electrons. The summed E-state index contributed by atoms with van der Waals surface area (Å²) in [5, 5.41) is 3.12. The average Bonchev–Trinajstić information content (AvgIpc) is 2.50. The maximum atomic E-state index is 12.5. The zero-order chi connectivity index (χ0) is 15.3. The first-order chi connectivity index (χ1) is 10.1. The van der Waals surface area contributed by atoms with Crippen molar-refractivity contribution in [3.8, 4) is 0 Å². The minimum atomic E-state index is -0.321. The van der Waals surface area contributed by atoms with Crippen LogP contribution < -0.4 is 11.1 Å². The van der Waals surface area contributed by atoms with Gasteiger partial charge < -0.3 is 11.1 Å². The summed E-state index contributed by atoms with van der Waals surface area (Å²) >= 11 is 0. The zero-order valence-electron chi connectivity index (χ0n) is 13.3. The van der Waals surface area contributed by atoms with Gasteiger partial charge in [0.1, 0.15) is 0 Å². The Kier molecular flexibility index (Phi) is 5.40. The number of hydrogen-bond acceptors (Lipinski definition) is 2. The molecule has 1 fully saturated rings. The van der Waals surface area contributed by atoms with Gasteiger partial charge in [0.25, 0.3) is 0 Å². The molecule has 0 atom stereocenters. The molecule has 3 N–H and O–H groups in total. The molecule has 0 radical (unpaired) electrons. The quantitative estimate of drug-likeness (QED) is 0.875. The number of hydrogen-bond donors (Lipinski definition) is 2. The average molecular weight is 288 g/mol. The molecule has 3 nitrogen and oxygen atoms in total. The summed E-state index contributed by atoms with van der Waals surface area (Å²) < 4.78 is 0. The maximum Gasteiger partial charge on any atom is 0.227 e. The fourth-order valence-corrected chi connectivity index (χ4v) is 3.23. The van der Waals surface area contributed by atoms with Crippen molar-refractivity contribution < 1.29 is 4.79 Å². The van der Waals surface area contributed by atoms with Crippen LogP contribution in [0.5, 0.6) is 0 Å². The Morgan fingerprint density at radius 3 is 2.62 bits per heavy atom. The lowest BCUT2D eigenvalue weighted by Gasteiger charge is -2.37. The van der Waals surface area contributed by atoms with Gasteiger partial charge in [0.15, 0.2) is 0 Å². The molecule has 1 aliphatic rings. The lowest BCUT2D eigenvalue weighted by atomic mass is 9.70. The van der Waals surface area contributed by atoms with Crippen LogP contribution in [0.4, 0.5) is 0 Å². The monoisotopic (exact) mass is 288 g/mol. The first-order valence-corrected chi connectivity index (χ1v) is 8.10. The van der Waals surface area contributed by atoms with E-state index in [0.717, 1.165) is 38.0 Å². The van der Waals surface area contributed by atoms with E-state index in [-0.39, 0.29) is 11.3 Å². The number of amides is 1. The maximum absolute atomic E-state index is 12.5. The summed E-state index contributed by atoms with van der Waals surface area (Å²) in [4.78, 5) is 12.5. The molecule has 1 aromatic rings. The second-order valence-corrected chi connectivity index (χ2v) is 6.60. The Hall–Kier alpha value is -1.35. The second kappa shape index (κ2) is 7.08. The molecule has 1 saturated carbocycles. The Morgan fingerprint density at radius 1 is 1.33 bits per heavy atom. The second-order valence-electron chi connectivity index (χ2n) is 6.60. The first-order valence-electron chi connectivity index (χ1n) is 8.10. The van der Waals surface area contributed by atoms with Crippen molar-refractivity contribution in [1.29, 1.82) is 0 Å². The van der Waals surface area contributed by atoms with E-state index >= 15 is 0 Å². The number of aryl methyl sites for hydroxylation is 1. The summed E-state index contributed by atoms with van der Waals surface area (Å²) in [6, 6.07) is 8.33. The van der Waals surface area contributed by atoms with Gasteiger partial charge in [-0.05, 0) is 56.1 Å². The molecule has 0 aliphatic heterocycles. The minimum absolute atomic E-state index is 0.158. The van der Waals surface area contributed by atoms with Crippen molar-refractivity contribution in [1.82, 2.24) is 5.32 Å². The first kappa shape index (κ1) is 16.0. The van der Waals surface area contributed by atoms with Gasteiger partial charge in [-0.25, -0.2) is 0 Å². The minimum Gasteiger partial charge on any atom is -0.355 e. The predicted octanol–water partition coefficient (Wildman–Crippen LogP) is 2.81. The van der Waals surface area contributed by atoms with E-state index in [4.69, 9.17) is 5.73 Å². The third-order valence-electron chi connectivity index (χ3n) is 5.04. The number of nitrogens with one attached hydrogen (secondary N) is 1. The van der Waals surface area contributed by atoms with E-state index in [9.17, 15) is 4.79 Å². The van der Waals surface area contributed by atoms with Crippen LogP contribution in [0.2, 0.25) is 0 Å². The normalized spacial score (nSPS) is 25.6. The molecule has 0 heterocycles. The number of nitrogens with two attached hydrogens (primary N) is 1. The molecular formula is C18H28N2O. The number of carbonyl (C=O) groups excluding carboxylic acids is 1. The van der Waals surface area contributed by atoms with Crippen molar-refractivity contribution in [2.45, 2.75) is 46.0 Å². The van der Waals surface area contributed by atoms with Crippen molar-refractivity contribution in [2.24, 2.45) is 17.1 Å². The lowest BCUT2D eigenvalue weighted by Crippen LogP contribution is -2.48. The molecule has 3 heteroatoms. The van der Waals surface area contributed by atoms with Crippen LogP contribution in [0.1, 0.15) is 43.7 Å². The molecule has 2 rings (SSSR count). The zero-order valence-corrected chi connectivity index (χ0v) is 13.3. The van der Waals surface area contributed by atoms with Crippen LogP contribution in [0.15, 0.2) is 24.3 Å². The summed E-state index contributed by atoms with van der Waals surface area (Å²) in [6.45, 7) is 5.54. The number of rotatable bonds is 5. The van der Waals surface area contributed by atoms with Crippen molar-refractivity contribution in [2.75, 3.05) is 13.1 Å². The Bertz CT molecular complexity index is 476. The Morgan fingerprint density at radius 2 is 2.00 bits per heavy atom. The van der Waals surface area contributed by atoms with Gasteiger partial charge in [-0.3, -0.25) is 4.79 Å². The fourth-order valence-electron chi connectivity index (χ4n) is 3.23. The summed E-state index contributed by atoms with van der Waals surface area (Å²) in [5.74, 6) is 0.884. The van der Waals surface area contributed by atoms with Crippen LogP contribution in [0.3, 0.4) is 0 Å². The van der Waals surface area contributed by atoms with E-state index in [2.05, 4.69) is 31.3 Å². The van der Waals surface area contributed by atoms with Crippen molar-refractivity contribution >= 4 is 5.91 Å². The molecule has 0 aromatic heterocycles. The van der Waals surface area contributed by atoms with Gasteiger partial charge in [-0.1, -0.05) is 31.2 Å². The van der Waals surface area contributed by atoms with Gasteiger partial charge in [-0.2, -0.15) is 0 Å². The molecule has 0 spiro atoms. The summed E-state index contributed by atoms with van der Waals surface area (Å²) in [6.07, 6.45) is 4.97. The van der Waals surface area contributed by atoms with E-state index < -0.39 is 0 Å². The fraction of sp³-hybridized carbons (Fsp3) is 0.611. The Labute approximate surface area is 128 Å². The molecule has 1 aliphatic carbocycles. The lowest BCUT2D eigenvalue weighted by molar-refractivity contribution is -0.132. The van der Waals surface area contributed by atoms with Gasteiger partial charge in [0.2, 0.25) is 5.91 Å². The van der Waals surface area contributed by atoms with E-state index in [1.165, 1.54) is 11.1 Å². The molecule has 1 amide bonds. The van der Waals surface area contributed by atoms with Gasteiger partial charge in [0.05, 0.1) is 5.41 Å². The highest BCUT2D eigenvalue weighted by molar-refractivity contribution is 5.83. The smallest absolute Gasteiger partial charge is 0.227 e. The van der Waals surface area contributed by atoms with Crippen LogP contribution in [0.25, 0.3) is 0 Å². The molecule has 0 bridgehead atoms. The largest absolute Gasteiger partial charge is 0.355 e. The highest BCUT2D eigenvalue weighted by Crippen LogP contribution is 2.38. The van der Waals surface area contributed by atoms with E-state index in [1.807, 2.05) is 12.1 Å². The third kappa shape index (κ3) is 3.85. The van der Waals surface area contributed by atoms with Crippen LogP contribution in [-0.4, -0.2) is 19.0 Å². The molecule has 0 saturated heterocycles. The number of benzene rings is 1. The van der Waals surface area contributed by atoms with Gasteiger partial charge in [0, 0.05) is 13.1 Å². The van der Waals surface area contributed by atoms with Gasteiger partial charge >= 0.3 is 0 Å². The van der Waals surface area contributed by atoms with Crippen LogP contribution >= 0.6 is 0 Å². The van der Waals surface area contributed by atoms with Crippen molar-refractivity contribution in [3.63, 3.8) is 0 Å². The Balaban J connectivity index is 1.87. The highest BCUT2D eigenvalue weighted by Gasteiger charge is 2.39. The van der Waals surface area contributed by atoms with Crippen molar-refractivity contribution in [3.05, 3.63) is 35.4 Å². The topological polar surface area (TPSA) is 55.1 Å². The third-order valence-corrected chi connectivity index (χ3v) is 5.04. The van der Waals surface area contributed by atoms with E-state index in [0.29, 0.717) is 13.1 Å². The van der Waals surface area contributed by atoms with Crippen LogP contribution in [0, 0.1) is 18.3 Å². The highest BCUT2D eigenvalue weighted by atomic mass is 16.2. The molecular weight excluding hydrogens is 260 g/mol. The molecule has 1 aromatic carbocycles. The molecule has 21 heavy (non-hydrogen) atoms. The predicted molar refractivity (Wildman–Crippen MR) is 87.0 cm³/mol. The summed E-state index contributed by atoms with van der Waals surface area (Å²) in [7, 11) is 0. The SMILES string of the molecule is Cc1ccccc1CCNC(=O)C1(CN)CCC(C)CC1. The van der Waals surface area contributed by atoms with Crippen LogP contribution in [-0.2, 0) is 11.2 Å². The van der Waals surface area contributed by atoms with E-state index in [1.54, 1.807) is 0 Å². The van der Waals surface area contributed by atoms with Gasteiger partial charge in [-0.15, -0.1) is 0 Å². The molecule has 0 unspecified atom stereocenters.